The Balaban J connectivity index is 1.99. The molecule has 0 aliphatic carbocycles. The lowest BCUT2D eigenvalue weighted by atomic mass is 10.1. The maximum atomic E-state index is 12.5. The van der Waals surface area contributed by atoms with Gasteiger partial charge in [0.25, 0.3) is 5.91 Å². The van der Waals surface area contributed by atoms with Crippen LogP contribution in [0.4, 0.5) is 18.9 Å². The van der Waals surface area contributed by atoms with Crippen molar-refractivity contribution >= 4 is 17.5 Å². The van der Waals surface area contributed by atoms with Crippen LogP contribution in [0, 0.1) is 0 Å². The van der Waals surface area contributed by atoms with Crippen LogP contribution in [-0.2, 0) is 11.2 Å². The van der Waals surface area contributed by atoms with Crippen LogP contribution < -0.4 is 20.1 Å². The molecule has 2 rings (SSSR count). The molecule has 0 radical (unpaired) electrons. The van der Waals surface area contributed by atoms with Crippen molar-refractivity contribution in [2.24, 2.45) is 0 Å². The molecule has 2 aromatic carbocycles. The number of halogens is 3. The highest BCUT2D eigenvalue weighted by Crippen LogP contribution is 2.29. The van der Waals surface area contributed by atoms with E-state index < -0.39 is 18.6 Å². The number of hydrogen-bond donors (Lipinski definition) is 2. The Labute approximate surface area is 172 Å². The average Bonchev–Trinajstić information content (AvgIpc) is 2.69. The highest BCUT2D eigenvalue weighted by atomic mass is 19.4. The zero-order chi connectivity index (χ0) is 22.1. The summed E-state index contributed by atoms with van der Waals surface area (Å²) in [7, 11) is 0. The van der Waals surface area contributed by atoms with Crippen LogP contribution in [0.3, 0.4) is 0 Å². The van der Waals surface area contributed by atoms with E-state index in [2.05, 4.69) is 5.32 Å². The second-order valence-corrected chi connectivity index (χ2v) is 6.25. The molecule has 0 saturated heterocycles. The van der Waals surface area contributed by atoms with Crippen LogP contribution in [0.15, 0.2) is 42.5 Å². The summed E-state index contributed by atoms with van der Waals surface area (Å²) in [4.78, 5) is 24.1. The topological polar surface area (TPSA) is 76.7 Å². The van der Waals surface area contributed by atoms with Crippen LogP contribution >= 0.6 is 0 Å². The number of ether oxygens (including phenoxy) is 2. The molecule has 2 N–H and O–H groups in total. The van der Waals surface area contributed by atoms with E-state index in [1.807, 2.05) is 19.2 Å². The fourth-order valence-corrected chi connectivity index (χ4v) is 2.55. The molecule has 0 saturated carbocycles. The summed E-state index contributed by atoms with van der Waals surface area (Å²) in [5, 5.41) is 4.53. The van der Waals surface area contributed by atoms with E-state index in [0.29, 0.717) is 41.5 Å². The van der Waals surface area contributed by atoms with Crippen molar-refractivity contribution < 1.29 is 32.2 Å². The van der Waals surface area contributed by atoms with Crippen molar-refractivity contribution in [1.29, 1.82) is 0 Å². The fraction of sp³-hybridized carbons (Fsp3) is 0.333. The monoisotopic (exact) mass is 424 g/mol. The third-order valence-corrected chi connectivity index (χ3v) is 3.87. The minimum atomic E-state index is -4.45. The summed E-state index contributed by atoms with van der Waals surface area (Å²) in [5.41, 5.74) is 1.37. The summed E-state index contributed by atoms with van der Waals surface area (Å²) in [6.45, 7) is 3.19. The van der Waals surface area contributed by atoms with Gasteiger partial charge in [-0.05, 0) is 49.7 Å². The van der Waals surface area contributed by atoms with Crippen LogP contribution in [0.25, 0.3) is 0 Å². The first-order valence-corrected chi connectivity index (χ1v) is 9.35. The van der Waals surface area contributed by atoms with Gasteiger partial charge in [0.15, 0.2) is 11.5 Å². The highest BCUT2D eigenvalue weighted by molar-refractivity contribution is 6.04. The molecule has 162 valence electrons. The SMILES string of the molecule is CCOc1ccc(C(=O)Nc2ccc(CC(=O)NCC(F)(F)F)cc2)cc1OCC. The third-order valence-electron chi connectivity index (χ3n) is 3.87. The van der Waals surface area contributed by atoms with E-state index in [1.54, 1.807) is 42.5 Å². The summed E-state index contributed by atoms with van der Waals surface area (Å²) in [6.07, 6.45) is -4.65. The lowest BCUT2D eigenvalue weighted by molar-refractivity contribution is -0.138. The standard InChI is InChI=1S/C21H23F3N2O4/c1-3-29-17-10-7-15(12-18(17)30-4-2)20(28)26-16-8-5-14(6-9-16)11-19(27)25-13-21(22,23)24/h5-10,12H,3-4,11,13H2,1-2H3,(H,25,27)(H,26,28). The maximum absolute atomic E-state index is 12.5. The van der Waals surface area contributed by atoms with Crippen LogP contribution in [0.1, 0.15) is 29.8 Å². The number of carbonyl (C=O) groups excluding carboxylic acids is 2. The second-order valence-electron chi connectivity index (χ2n) is 6.25. The molecule has 0 fully saturated rings. The molecule has 6 nitrogen and oxygen atoms in total. The van der Waals surface area contributed by atoms with Gasteiger partial charge in [-0.2, -0.15) is 13.2 Å². The van der Waals surface area contributed by atoms with E-state index in [-0.39, 0.29) is 12.3 Å². The molecule has 2 amide bonds. The van der Waals surface area contributed by atoms with Crippen molar-refractivity contribution in [3.63, 3.8) is 0 Å². The Morgan fingerprint density at radius 2 is 1.57 bits per heavy atom. The predicted molar refractivity (Wildman–Crippen MR) is 106 cm³/mol. The molecular weight excluding hydrogens is 401 g/mol. The van der Waals surface area contributed by atoms with Crippen molar-refractivity contribution in [3.8, 4) is 11.5 Å². The van der Waals surface area contributed by atoms with Gasteiger partial charge in [-0.3, -0.25) is 9.59 Å². The summed E-state index contributed by atoms with van der Waals surface area (Å²) in [5.74, 6) is -0.0899. The maximum Gasteiger partial charge on any atom is 0.405 e. The number of rotatable bonds is 9. The predicted octanol–water partition coefficient (Wildman–Crippen LogP) is 3.96. The molecule has 0 unspecified atom stereocenters. The first kappa shape index (κ1) is 23.1. The van der Waals surface area contributed by atoms with Gasteiger partial charge in [-0.1, -0.05) is 12.1 Å². The number of nitrogens with one attached hydrogen (secondary N) is 2. The molecule has 30 heavy (non-hydrogen) atoms. The van der Waals surface area contributed by atoms with Gasteiger partial charge in [0.05, 0.1) is 19.6 Å². The van der Waals surface area contributed by atoms with Gasteiger partial charge in [0.1, 0.15) is 6.54 Å². The zero-order valence-corrected chi connectivity index (χ0v) is 16.6. The van der Waals surface area contributed by atoms with Gasteiger partial charge >= 0.3 is 6.18 Å². The number of benzene rings is 2. The Bertz CT molecular complexity index is 868. The van der Waals surface area contributed by atoms with Gasteiger partial charge in [-0.15, -0.1) is 0 Å². The van der Waals surface area contributed by atoms with Gasteiger partial charge in [-0.25, -0.2) is 0 Å². The Kier molecular flexibility index (Phi) is 8.08. The third kappa shape index (κ3) is 7.31. The molecule has 0 aliphatic rings. The first-order chi connectivity index (χ1) is 14.2. The lowest BCUT2D eigenvalue weighted by Crippen LogP contribution is -2.34. The molecule has 9 heteroatoms. The number of amides is 2. The van der Waals surface area contributed by atoms with E-state index in [1.165, 1.54) is 0 Å². The minimum absolute atomic E-state index is 0.194. The minimum Gasteiger partial charge on any atom is -0.490 e. The van der Waals surface area contributed by atoms with Crippen LogP contribution in [0.2, 0.25) is 0 Å². The molecule has 0 aromatic heterocycles. The molecule has 0 spiro atoms. The lowest BCUT2D eigenvalue weighted by Gasteiger charge is -2.13. The Morgan fingerprint density at radius 1 is 0.933 bits per heavy atom. The summed E-state index contributed by atoms with van der Waals surface area (Å²) >= 11 is 0. The smallest absolute Gasteiger partial charge is 0.405 e. The van der Waals surface area contributed by atoms with Crippen LogP contribution in [-0.4, -0.2) is 37.7 Å². The highest BCUT2D eigenvalue weighted by Gasteiger charge is 2.27. The van der Waals surface area contributed by atoms with E-state index in [0.717, 1.165) is 0 Å². The number of carbonyl (C=O) groups is 2. The van der Waals surface area contributed by atoms with Gasteiger partial charge in [0.2, 0.25) is 5.91 Å². The normalized spacial score (nSPS) is 11.0. The summed E-state index contributed by atoms with van der Waals surface area (Å²) in [6, 6.07) is 11.1. The van der Waals surface area contributed by atoms with E-state index in [4.69, 9.17) is 9.47 Å². The van der Waals surface area contributed by atoms with Crippen molar-refractivity contribution in [1.82, 2.24) is 5.32 Å². The quantitative estimate of drug-likeness (QED) is 0.639. The van der Waals surface area contributed by atoms with Gasteiger partial charge < -0.3 is 20.1 Å². The molecule has 0 aliphatic heterocycles. The number of hydrogen-bond acceptors (Lipinski definition) is 4. The van der Waals surface area contributed by atoms with Crippen molar-refractivity contribution in [2.75, 3.05) is 25.1 Å². The molecule has 2 aromatic rings. The molecular formula is C21H23F3N2O4. The molecule has 0 heterocycles. The van der Waals surface area contributed by atoms with Crippen molar-refractivity contribution in [2.45, 2.75) is 26.4 Å². The fourth-order valence-electron chi connectivity index (χ4n) is 2.55. The summed E-state index contributed by atoms with van der Waals surface area (Å²) < 4.78 is 47.4. The molecule has 0 bridgehead atoms. The molecule has 0 atom stereocenters. The average molecular weight is 424 g/mol. The first-order valence-electron chi connectivity index (χ1n) is 9.35. The van der Waals surface area contributed by atoms with Crippen LogP contribution in [0.5, 0.6) is 11.5 Å². The Morgan fingerprint density at radius 3 is 2.17 bits per heavy atom. The second kappa shape index (κ2) is 10.5. The van der Waals surface area contributed by atoms with E-state index in [9.17, 15) is 22.8 Å². The van der Waals surface area contributed by atoms with Gasteiger partial charge in [0, 0.05) is 11.3 Å². The van der Waals surface area contributed by atoms with E-state index >= 15 is 0 Å². The number of alkyl halides is 3. The van der Waals surface area contributed by atoms with Crippen molar-refractivity contribution in [3.05, 3.63) is 53.6 Å². The number of anilines is 1. The largest absolute Gasteiger partial charge is 0.490 e. The Hall–Kier alpha value is -3.23. The zero-order valence-electron chi connectivity index (χ0n) is 16.6.